The number of ether oxygens (including phenoxy) is 1. The molecule has 1 saturated heterocycles. The summed E-state index contributed by atoms with van der Waals surface area (Å²) in [5, 5.41) is 18.1. The Morgan fingerprint density at radius 2 is 1.55 bits per heavy atom. The van der Waals surface area contributed by atoms with Crippen molar-refractivity contribution in [2.75, 3.05) is 50.0 Å². The Hall–Kier alpha value is -7.10. The van der Waals surface area contributed by atoms with Crippen molar-refractivity contribution in [2.45, 2.75) is 6.42 Å². The maximum absolute atomic E-state index is 13.2. The van der Waals surface area contributed by atoms with Crippen molar-refractivity contribution in [2.24, 2.45) is 14.1 Å². The average Bonchev–Trinajstić information content (AvgIpc) is 3.92. The van der Waals surface area contributed by atoms with Crippen LogP contribution in [0, 0.1) is 0 Å². The summed E-state index contributed by atoms with van der Waals surface area (Å²) in [6.45, 7) is 4.40. The molecule has 0 aliphatic carbocycles. The minimum absolute atomic E-state index is 0.0677. The fourth-order valence-electron chi connectivity index (χ4n) is 6.76. The molecule has 5 heterocycles. The molecule has 0 saturated carbocycles. The second-order valence-electron chi connectivity index (χ2n) is 14.0. The molecule has 4 aromatic heterocycles. The van der Waals surface area contributed by atoms with Crippen molar-refractivity contribution < 1.29 is 24.0 Å². The molecular formula is C43H42N10O5. The van der Waals surface area contributed by atoms with Crippen LogP contribution in [0.15, 0.2) is 103 Å². The lowest BCUT2D eigenvalue weighted by molar-refractivity contribution is -0.115. The molecule has 0 radical (unpaired) electrons. The highest BCUT2D eigenvalue weighted by molar-refractivity contribution is 6.04. The first-order valence-electron chi connectivity index (χ1n) is 18.9. The molecule has 15 nitrogen and oxygen atoms in total. The lowest BCUT2D eigenvalue weighted by Gasteiger charge is -2.26. The maximum atomic E-state index is 13.2. The minimum atomic E-state index is -0.286. The van der Waals surface area contributed by atoms with Gasteiger partial charge in [-0.05, 0) is 65.4 Å². The number of carbonyl (C=O) groups is 3. The summed E-state index contributed by atoms with van der Waals surface area (Å²) in [7, 11) is 3.58. The second-order valence-corrected chi connectivity index (χ2v) is 14.0. The predicted octanol–water partition coefficient (Wildman–Crippen LogP) is 5.16. The Bertz CT molecular complexity index is 2640. The topological polar surface area (TPSA) is 162 Å². The average molecular weight is 779 g/mol. The number of hydrogen-bond acceptors (Lipinski definition) is 9. The Kier molecular flexibility index (Phi) is 11.0. The normalized spacial score (nSPS) is 13.3. The molecule has 3 aromatic carbocycles. The van der Waals surface area contributed by atoms with Gasteiger partial charge in [0.05, 0.1) is 36.5 Å². The number of rotatable bonds is 13. The number of para-hydroxylation sites is 2. The molecule has 7 aromatic rings. The molecule has 58 heavy (non-hydrogen) atoms. The fourth-order valence-corrected chi connectivity index (χ4v) is 6.76. The molecule has 0 bridgehead atoms. The molecule has 15 heteroatoms. The highest BCUT2D eigenvalue weighted by Crippen LogP contribution is 2.26. The third kappa shape index (κ3) is 8.80. The van der Waals surface area contributed by atoms with Crippen molar-refractivity contribution in [3.05, 3.63) is 131 Å². The van der Waals surface area contributed by atoms with Crippen LogP contribution in [-0.2, 0) is 30.0 Å². The van der Waals surface area contributed by atoms with Gasteiger partial charge < -0.3 is 34.7 Å². The van der Waals surface area contributed by atoms with E-state index in [-0.39, 0.29) is 24.1 Å². The summed E-state index contributed by atoms with van der Waals surface area (Å²) >= 11 is 0. The molecule has 1 aliphatic heterocycles. The molecule has 1 aliphatic rings. The van der Waals surface area contributed by atoms with E-state index in [0.29, 0.717) is 59.5 Å². The van der Waals surface area contributed by atoms with Crippen LogP contribution in [0.3, 0.4) is 0 Å². The SMILES string of the molecule is Cn1cc(NC(=O)c2ccc(/C=C/c3cc4ccccc4nc3On3nnc4ccccc43)cc2)cc1CC(=O)Nc1cc(C(=O)NCCN2CCOCC2)n(C)c1. The highest BCUT2D eigenvalue weighted by Gasteiger charge is 2.17. The van der Waals surface area contributed by atoms with Gasteiger partial charge in [-0.3, -0.25) is 19.3 Å². The predicted molar refractivity (Wildman–Crippen MR) is 221 cm³/mol. The monoisotopic (exact) mass is 778 g/mol. The third-order valence-electron chi connectivity index (χ3n) is 9.89. The molecule has 0 unspecified atom stereocenters. The van der Waals surface area contributed by atoms with Crippen LogP contribution >= 0.6 is 0 Å². The van der Waals surface area contributed by atoms with Crippen molar-refractivity contribution >= 4 is 63.2 Å². The Morgan fingerprint density at radius 3 is 2.38 bits per heavy atom. The smallest absolute Gasteiger partial charge is 0.268 e. The van der Waals surface area contributed by atoms with Gasteiger partial charge in [-0.2, -0.15) is 0 Å². The van der Waals surface area contributed by atoms with E-state index in [4.69, 9.17) is 14.6 Å². The van der Waals surface area contributed by atoms with Crippen LogP contribution in [-0.4, -0.2) is 91.3 Å². The number of nitrogens with zero attached hydrogens (tertiary/aromatic N) is 7. The molecule has 3 N–H and O–H groups in total. The van der Waals surface area contributed by atoms with Crippen LogP contribution in [0.1, 0.15) is 37.7 Å². The number of morpholine rings is 1. The molecule has 8 rings (SSSR count). The summed E-state index contributed by atoms with van der Waals surface area (Å²) in [4.78, 5) is 53.6. The first-order valence-corrected chi connectivity index (χ1v) is 18.9. The first kappa shape index (κ1) is 37.8. The molecule has 0 spiro atoms. The molecule has 294 valence electrons. The van der Waals surface area contributed by atoms with Gasteiger partial charge in [0, 0.05) is 74.9 Å². The quantitative estimate of drug-likeness (QED) is 0.144. The number of fused-ring (bicyclic) bond motifs is 2. The van der Waals surface area contributed by atoms with Crippen LogP contribution < -0.4 is 20.8 Å². The van der Waals surface area contributed by atoms with E-state index in [1.165, 1.54) is 4.85 Å². The summed E-state index contributed by atoms with van der Waals surface area (Å²) < 4.78 is 8.86. The summed E-state index contributed by atoms with van der Waals surface area (Å²) in [6.07, 6.45) is 7.37. The number of nitrogens with one attached hydrogen (secondary N) is 3. The number of amides is 3. The van der Waals surface area contributed by atoms with E-state index >= 15 is 0 Å². The number of anilines is 2. The van der Waals surface area contributed by atoms with Crippen molar-refractivity contribution in [1.29, 1.82) is 0 Å². The molecule has 0 atom stereocenters. The van der Waals surface area contributed by atoms with Crippen molar-refractivity contribution in [3.63, 3.8) is 0 Å². The number of aromatic nitrogens is 6. The van der Waals surface area contributed by atoms with Gasteiger partial charge in [-0.1, -0.05) is 53.4 Å². The number of hydrogen-bond donors (Lipinski definition) is 3. The van der Waals surface area contributed by atoms with E-state index < -0.39 is 0 Å². The second kappa shape index (κ2) is 17.0. The van der Waals surface area contributed by atoms with Gasteiger partial charge in [0.2, 0.25) is 5.91 Å². The van der Waals surface area contributed by atoms with E-state index in [1.807, 2.05) is 85.9 Å². The van der Waals surface area contributed by atoms with E-state index in [0.717, 1.165) is 47.2 Å². The number of pyridine rings is 1. The third-order valence-corrected chi connectivity index (χ3v) is 9.89. The zero-order valence-corrected chi connectivity index (χ0v) is 32.1. The lowest BCUT2D eigenvalue weighted by Crippen LogP contribution is -2.41. The van der Waals surface area contributed by atoms with Crippen molar-refractivity contribution in [1.82, 2.24) is 39.5 Å². The van der Waals surface area contributed by atoms with Gasteiger partial charge in [0.15, 0.2) is 0 Å². The molecular weight excluding hydrogens is 737 g/mol. The number of aryl methyl sites for hydroxylation is 2. The number of carbonyl (C=O) groups excluding carboxylic acids is 3. The zero-order valence-electron chi connectivity index (χ0n) is 32.1. The fraction of sp³-hybridized carbons (Fsp3) is 0.209. The molecule has 3 amide bonds. The first-order chi connectivity index (χ1) is 28.3. The largest absolute Gasteiger partial charge is 0.379 e. The zero-order chi connectivity index (χ0) is 40.0. The van der Waals surface area contributed by atoms with E-state index in [1.54, 1.807) is 52.8 Å². The van der Waals surface area contributed by atoms with Gasteiger partial charge in [0.25, 0.3) is 17.7 Å². The van der Waals surface area contributed by atoms with Gasteiger partial charge in [-0.15, -0.1) is 5.10 Å². The van der Waals surface area contributed by atoms with Gasteiger partial charge >= 0.3 is 0 Å². The lowest BCUT2D eigenvalue weighted by atomic mass is 10.1. The Balaban J connectivity index is 0.868. The standard InChI is InChI=1S/C43H42N10O5/c1-50-27-33(24-35(50)26-40(54)45-34-25-39(51(2)28-34)42(56)44-17-18-52-19-21-57-22-20-52)46-41(55)30-14-11-29(12-15-30)13-16-32-23-31-7-3-4-8-36(31)47-43(32)58-53-38-10-6-5-9-37(38)48-49-53/h3-16,23-25,27-28H,17-22,26H2,1-2H3,(H,44,56)(H,45,54)(H,46,55)/b16-13+. The summed E-state index contributed by atoms with van der Waals surface area (Å²) in [5.41, 5.74) is 6.51. The van der Waals surface area contributed by atoms with E-state index in [9.17, 15) is 14.4 Å². The maximum Gasteiger partial charge on any atom is 0.268 e. The van der Waals surface area contributed by atoms with Gasteiger partial charge in [-0.25, -0.2) is 4.98 Å². The van der Waals surface area contributed by atoms with E-state index in [2.05, 4.69) is 31.2 Å². The van der Waals surface area contributed by atoms with Crippen molar-refractivity contribution in [3.8, 4) is 5.88 Å². The minimum Gasteiger partial charge on any atom is -0.379 e. The number of benzene rings is 3. The van der Waals surface area contributed by atoms with Crippen LogP contribution in [0.2, 0.25) is 0 Å². The summed E-state index contributed by atoms with van der Waals surface area (Å²) in [6, 6.07) is 28.0. The van der Waals surface area contributed by atoms with Crippen LogP contribution in [0.4, 0.5) is 11.4 Å². The van der Waals surface area contributed by atoms with Gasteiger partial charge in [0.1, 0.15) is 16.7 Å². The Labute approximate surface area is 333 Å². The van der Waals surface area contributed by atoms with Crippen LogP contribution in [0.25, 0.3) is 34.1 Å². The van der Waals surface area contributed by atoms with Crippen LogP contribution in [0.5, 0.6) is 5.88 Å². The molecule has 1 fully saturated rings. The highest BCUT2D eigenvalue weighted by atomic mass is 16.7. The Morgan fingerprint density at radius 1 is 0.810 bits per heavy atom. The summed E-state index contributed by atoms with van der Waals surface area (Å²) in [5.74, 6) is -0.378.